The average molecular weight is 323 g/mol. The molecule has 0 saturated heterocycles. The highest BCUT2D eigenvalue weighted by Crippen LogP contribution is 2.30. The Balaban J connectivity index is 2.59. The van der Waals surface area contributed by atoms with E-state index in [1.165, 1.54) is 0 Å². The van der Waals surface area contributed by atoms with Gasteiger partial charge in [-0.25, -0.2) is 0 Å². The van der Waals surface area contributed by atoms with Crippen molar-refractivity contribution in [3.8, 4) is 11.3 Å². The lowest BCUT2D eigenvalue weighted by atomic mass is 10.0. The van der Waals surface area contributed by atoms with E-state index in [1.54, 1.807) is 4.68 Å². The first-order valence-corrected chi connectivity index (χ1v) is 6.70. The number of hydrogen-bond acceptors (Lipinski definition) is 2. The minimum atomic E-state index is -0.862. The highest BCUT2D eigenvalue weighted by molar-refractivity contribution is 9.10. The van der Waals surface area contributed by atoms with E-state index in [9.17, 15) is 4.79 Å². The summed E-state index contributed by atoms with van der Waals surface area (Å²) in [6.45, 7) is 3.95. The molecule has 1 N–H and O–H groups in total. The van der Waals surface area contributed by atoms with Gasteiger partial charge in [0.2, 0.25) is 0 Å². The monoisotopic (exact) mass is 322 g/mol. The fourth-order valence-electron chi connectivity index (χ4n) is 2.22. The van der Waals surface area contributed by atoms with Crippen molar-refractivity contribution in [2.75, 3.05) is 0 Å². The van der Waals surface area contributed by atoms with E-state index in [1.807, 2.05) is 39.1 Å². The Kier molecular flexibility index (Phi) is 3.75. The van der Waals surface area contributed by atoms with Crippen LogP contribution in [0.15, 0.2) is 22.7 Å². The second kappa shape index (κ2) is 5.17. The molecule has 0 aliphatic heterocycles. The van der Waals surface area contributed by atoms with Crippen LogP contribution in [0, 0.1) is 13.8 Å². The summed E-state index contributed by atoms with van der Waals surface area (Å²) < 4.78 is 2.75. The van der Waals surface area contributed by atoms with Gasteiger partial charge in [-0.3, -0.25) is 9.48 Å². The van der Waals surface area contributed by atoms with Gasteiger partial charge in [0, 0.05) is 17.1 Å². The van der Waals surface area contributed by atoms with Crippen molar-refractivity contribution in [3.05, 3.63) is 39.5 Å². The van der Waals surface area contributed by atoms with Crippen LogP contribution in [-0.2, 0) is 18.3 Å². The Morgan fingerprint density at radius 1 is 1.42 bits per heavy atom. The van der Waals surface area contributed by atoms with Gasteiger partial charge < -0.3 is 5.11 Å². The molecule has 0 bridgehead atoms. The van der Waals surface area contributed by atoms with Crippen LogP contribution in [0.1, 0.15) is 16.8 Å². The summed E-state index contributed by atoms with van der Waals surface area (Å²) in [5, 5.41) is 13.2. The zero-order valence-corrected chi connectivity index (χ0v) is 12.7. The standard InChI is InChI=1S/C14H15BrN2O2/c1-8-4-5-10(15)6-11(8)14-9(2)12(7-13(18)19)16-17(14)3/h4-6H,7H2,1-3H3,(H,18,19). The Hall–Kier alpha value is -1.62. The molecule has 2 aromatic rings. The average Bonchev–Trinajstić information content (AvgIpc) is 2.57. The van der Waals surface area contributed by atoms with Gasteiger partial charge in [0.25, 0.3) is 0 Å². The Morgan fingerprint density at radius 2 is 2.11 bits per heavy atom. The molecule has 0 unspecified atom stereocenters. The van der Waals surface area contributed by atoms with Crippen LogP contribution in [-0.4, -0.2) is 20.9 Å². The number of benzene rings is 1. The maximum absolute atomic E-state index is 10.8. The van der Waals surface area contributed by atoms with Gasteiger partial charge in [0.1, 0.15) is 0 Å². The molecule has 0 spiro atoms. The third-order valence-corrected chi connectivity index (χ3v) is 3.65. The van der Waals surface area contributed by atoms with Gasteiger partial charge in [-0.05, 0) is 37.1 Å². The van der Waals surface area contributed by atoms with Crippen molar-refractivity contribution in [1.29, 1.82) is 0 Å². The fourth-order valence-corrected chi connectivity index (χ4v) is 2.58. The topological polar surface area (TPSA) is 55.1 Å². The highest BCUT2D eigenvalue weighted by Gasteiger charge is 2.17. The van der Waals surface area contributed by atoms with E-state index in [4.69, 9.17) is 5.11 Å². The lowest BCUT2D eigenvalue weighted by molar-refractivity contribution is -0.136. The molecule has 100 valence electrons. The van der Waals surface area contributed by atoms with Crippen molar-refractivity contribution < 1.29 is 9.90 Å². The minimum Gasteiger partial charge on any atom is -0.481 e. The molecule has 0 amide bonds. The second-order valence-electron chi connectivity index (χ2n) is 4.57. The molecule has 0 fully saturated rings. The molecule has 4 nitrogen and oxygen atoms in total. The summed E-state index contributed by atoms with van der Waals surface area (Å²) in [6.07, 6.45) is -0.0489. The predicted octanol–water partition coefficient (Wildman–Crippen LogP) is 3.09. The summed E-state index contributed by atoms with van der Waals surface area (Å²) >= 11 is 3.47. The minimum absolute atomic E-state index is 0.0489. The number of halogens is 1. The molecule has 2 rings (SSSR count). The molecule has 5 heteroatoms. The summed E-state index contributed by atoms with van der Waals surface area (Å²) in [5.41, 5.74) is 4.71. The lowest BCUT2D eigenvalue weighted by Gasteiger charge is -2.08. The molecule has 19 heavy (non-hydrogen) atoms. The fraction of sp³-hybridized carbons (Fsp3) is 0.286. The van der Waals surface area contributed by atoms with Crippen LogP contribution < -0.4 is 0 Å². The van der Waals surface area contributed by atoms with Crippen molar-refractivity contribution in [1.82, 2.24) is 9.78 Å². The van der Waals surface area contributed by atoms with E-state index in [-0.39, 0.29) is 6.42 Å². The quantitative estimate of drug-likeness (QED) is 0.944. The molecule has 1 aromatic heterocycles. The van der Waals surface area contributed by atoms with Crippen LogP contribution >= 0.6 is 15.9 Å². The molecule has 1 heterocycles. The van der Waals surface area contributed by atoms with Gasteiger partial charge >= 0.3 is 5.97 Å². The van der Waals surface area contributed by atoms with E-state index in [0.29, 0.717) is 5.69 Å². The molecule has 0 aliphatic rings. The van der Waals surface area contributed by atoms with Gasteiger partial charge in [0.05, 0.1) is 17.8 Å². The summed E-state index contributed by atoms with van der Waals surface area (Å²) in [5.74, 6) is -0.862. The first-order chi connectivity index (χ1) is 8.90. The normalized spacial score (nSPS) is 10.7. The maximum Gasteiger partial charge on any atom is 0.309 e. The Morgan fingerprint density at radius 3 is 2.74 bits per heavy atom. The van der Waals surface area contributed by atoms with Gasteiger partial charge in [0.15, 0.2) is 0 Å². The number of nitrogens with zero attached hydrogens (tertiary/aromatic N) is 2. The molecular weight excluding hydrogens is 308 g/mol. The number of rotatable bonds is 3. The number of carbonyl (C=O) groups is 1. The van der Waals surface area contributed by atoms with Gasteiger partial charge in [-0.15, -0.1) is 0 Å². The van der Waals surface area contributed by atoms with E-state index < -0.39 is 5.97 Å². The van der Waals surface area contributed by atoms with E-state index in [0.717, 1.165) is 26.9 Å². The van der Waals surface area contributed by atoms with Crippen LogP contribution in [0.2, 0.25) is 0 Å². The first-order valence-electron chi connectivity index (χ1n) is 5.91. The Labute approximate surface area is 120 Å². The van der Waals surface area contributed by atoms with E-state index in [2.05, 4.69) is 21.0 Å². The third-order valence-electron chi connectivity index (χ3n) is 3.16. The SMILES string of the molecule is Cc1ccc(Br)cc1-c1c(C)c(CC(=O)O)nn1C. The third kappa shape index (κ3) is 2.71. The van der Waals surface area contributed by atoms with Crippen LogP contribution in [0.5, 0.6) is 0 Å². The number of carboxylic acid groups (broad SMARTS) is 1. The van der Waals surface area contributed by atoms with E-state index >= 15 is 0 Å². The first kappa shape index (κ1) is 13.8. The number of aliphatic carboxylic acids is 1. The number of hydrogen-bond donors (Lipinski definition) is 1. The van der Waals surface area contributed by atoms with Crippen molar-refractivity contribution in [2.24, 2.45) is 7.05 Å². The Bertz CT molecular complexity index is 647. The van der Waals surface area contributed by atoms with Crippen molar-refractivity contribution in [2.45, 2.75) is 20.3 Å². The molecular formula is C14H15BrN2O2. The summed E-state index contributed by atoms with van der Waals surface area (Å²) in [6, 6.07) is 6.05. The number of aromatic nitrogens is 2. The highest BCUT2D eigenvalue weighted by atomic mass is 79.9. The largest absolute Gasteiger partial charge is 0.481 e. The van der Waals surface area contributed by atoms with Gasteiger partial charge in [-0.2, -0.15) is 5.10 Å². The summed E-state index contributed by atoms with van der Waals surface area (Å²) in [7, 11) is 1.84. The van der Waals surface area contributed by atoms with Crippen LogP contribution in [0.3, 0.4) is 0 Å². The molecule has 1 aromatic carbocycles. The molecule has 0 atom stereocenters. The zero-order chi connectivity index (χ0) is 14.2. The summed E-state index contributed by atoms with van der Waals surface area (Å²) in [4.78, 5) is 10.8. The molecule has 0 saturated carbocycles. The van der Waals surface area contributed by atoms with Crippen molar-refractivity contribution in [3.63, 3.8) is 0 Å². The van der Waals surface area contributed by atoms with Gasteiger partial charge in [-0.1, -0.05) is 22.0 Å². The smallest absolute Gasteiger partial charge is 0.309 e. The number of aryl methyl sites for hydroxylation is 2. The second-order valence-corrected chi connectivity index (χ2v) is 5.49. The lowest BCUT2D eigenvalue weighted by Crippen LogP contribution is -2.02. The number of carboxylic acids is 1. The zero-order valence-electron chi connectivity index (χ0n) is 11.1. The molecule has 0 radical (unpaired) electrons. The van der Waals surface area contributed by atoms with Crippen LogP contribution in [0.25, 0.3) is 11.3 Å². The maximum atomic E-state index is 10.8. The predicted molar refractivity (Wildman–Crippen MR) is 77.2 cm³/mol. The molecule has 0 aliphatic carbocycles. The van der Waals surface area contributed by atoms with Crippen LogP contribution in [0.4, 0.5) is 0 Å². The van der Waals surface area contributed by atoms with Crippen molar-refractivity contribution >= 4 is 21.9 Å².